The van der Waals surface area contributed by atoms with Crippen molar-refractivity contribution in [2.75, 3.05) is 13.3 Å². The molecule has 0 radical (unpaired) electrons. The highest BCUT2D eigenvalue weighted by atomic mass is 19.4. The second-order valence-corrected chi connectivity index (χ2v) is 2.67. The first-order valence-corrected chi connectivity index (χ1v) is 3.18. The molecule has 0 bridgehead atoms. The molecule has 0 saturated heterocycles. The first-order chi connectivity index (χ1) is 5.62. The molecule has 0 aromatic heterocycles. The fraction of sp³-hybridized carbons (Fsp3) is 1.00. The van der Waals surface area contributed by atoms with Gasteiger partial charge in [0.15, 0.2) is 0 Å². The highest BCUT2D eigenvalue weighted by Gasteiger charge is 2.72. The molecule has 0 heterocycles. The lowest BCUT2D eigenvalue weighted by Crippen LogP contribution is -2.61. The number of quaternary nitrogens is 1. The van der Waals surface area contributed by atoms with Crippen LogP contribution in [0.25, 0.3) is 0 Å². The average Bonchev–Trinajstić information content (AvgIpc) is 2.03. The number of aliphatic hydroxyl groups excluding tert-OH is 2. The lowest BCUT2D eigenvalue weighted by atomic mass is 10.1. The maximum Gasteiger partial charge on any atom is 0.501 e. The van der Waals surface area contributed by atoms with Crippen molar-refractivity contribution in [2.24, 2.45) is 0 Å². The first kappa shape index (κ1) is 12.5. The molecule has 0 aromatic rings. The summed E-state index contributed by atoms with van der Waals surface area (Å²) in [6.07, 6.45) is 0. The number of alkyl halides is 3. The van der Waals surface area contributed by atoms with Crippen LogP contribution in [0.15, 0.2) is 0 Å². The summed E-state index contributed by atoms with van der Waals surface area (Å²) in [7, 11) is 0. The molecule has 0 aromatic carbocycles. The smallest absolute Gasteiger partial charge is 0.393 e. The molecule has 0 rings (SSSR count). The van der Waals surface area contributed by atoms with Gasteiger partial charge in [-0.2, -0.15) is 0 Å². The van der Waals surface area contributed by atoms with Crippen LogP contribution in [-0.2, 0) is 0 Å². The molecule has 0 saturated carbocycles. The number of aliphatic hydroxyl groups is 2. The Balaban J connectivity index is 4.95. The predicted molar refractivity (Wildman–Crippen MR) is 31.1 cm³/mol. The van der Waals surface area contributed by atoms with E-state index in [1.54, 1.807) is 0 Å². The molecule has 0 amide bonds. The molecular weight excluding hydrogens is 201 g/mol. The Labute approximate surface area is 70.5 Å². The van der Waals surface area contributed by atoms with Crippen molar-refractivity contribution in [1.29, 1.82) is 0 Å². The van der Waals surface area contributed by atoms with E-state index in [9.17, 15) is 22.1 Å². The van der Waals surface area contributed by atoms with Crippen LogP contribution in [0.1, 0.15) is 6.92 Å². The minimum absolute atomic E-state index is 0.120. The molecule has 80 valence electrons. The topological polar surface area (TPSA) is 40.5 Å². The molecule has 0 spiro atoms. The maximum atomic E-state index is 12.7. The van der Waals surface area contributed by atoms with Crippen molar-refractivity contribution in [3.05, 3.63) is 0 Å². The molecule has 3 nitrogen and oxygen atoms in total. The second kappa shape index (κ2) is 3.35. The maximum absolute atomic E-state index is 12.7. The summed E-state index contributed by atoms with van der Waals surface area (Å²) in [4.78, 5) is -4.22. The van der Waals surface area contributed by atoms with Crippen LogP contribution >= 0.6 is 0 Å². The zero-order chi connectivity index (χ0) is 10.9. The van der Waals surface area contributed by atoms with Crippen LogP contribution in [0, 0.1) is 0 Å². The summed E-state index contributed by atoms with van der Waals surface area (Å²) in [5, 5.41) is 16.0. The molecule has 1 unspecified atom stereocenters. The van der Waals surface area contributed by atoms with E-state index in [1.807, 2.05) is 0 Å². The van der Waals surface area contributed by atoms with Crippen molar-refractivity contribution in [1.82, 2.24) is 0 Å². The molecular formula is C5H9F5NO2+. The average molecular weight is 210 g/mol. The van der Waals surface area contributed by atoms with Gasteiger partial charge in [0.1, 0.15) is 4.93 Å². The van der Waals surface area contributed by atoms with Gasteiger partial charge in [0.25, 0.3) is 12.4 Å². The Morgan fingerprint density at radius 1 is 1.15 bits per heavy atom. The number of hydrogen-bond acceptors (Lipinski definition) is 2. The van der Waals surface area contributed by atoms with Gasteiger partial charge in [-0.3, -0.25) is 0 Å². The normalized spacial score (nSPS) is 18.5. The van der Waals surface area contributed by atoms with E-state index in [4.69, 9.17) is 10.2 Å². The SMILES string of the molecule is CC(F)(CO)C(F)(F)[N+](F)(F)CO. The Hall–Kier alpha value is -0.470. The van der Waals surface area contributed by atoms with Gasteiger partial charge in [-0.25, -0.2) is 4.39 Å². The largest absolute Gasteiger partial charge is 0.501 e. The molecule has 0 aliphatic rings. The van der Waals surface area contributed by atoms with Crippen LogP contribution in [0.3, 0.4) is 0 Å². The third-order valence-electron chi connectivity index (χ3n) is 1.51. The molecule has 0 aliphatic heterocycles. The summed E-state index contributed by atoms with van der Waals surface area (Å²) >= 11 is 0. The number of hydrogen-bond donors (Lipinski definition) is 2. The minimum Gasteiger partial charge on any atom is -0.393 e. The molecule has 0 fully saturated rings. The zero-order valence-corrected chi connectivity index (χ0v) is 6.65. The van der Waals surface area contributed by atoms with Gasteiger partial charge in [-0.15, -0.1) is 8.78 Å². The molecule has 0 aliphatic carbocycles. The zero-order valence-electron chi connectivity index (χ0n) is 6.65. The van der Waals surface area contributed by atoms with Crippen LogP contribution in [0.4, 0.5) is 22.1 Å². The van der Waals surface area contributed by atoms with Crippen molar-refractivity contribution < 1.29 is 37.3 Å². The molecule has 1 atom stereocenters. The van der Waals surface area contributed by atoms with Gasteiger partial charge < -0.3 is 10.2 Å². The van der Waals surface area contributed by atoms with Gasteiger partial charge in [0, 0.05) is 0 Å². The second-order valence-electron chi connectivity index (χ2n) is 2.67. The summed E-state index contributed by atoms with van der Waals surface area (Å²) in [6, 6.07) is -5.17. The van der Waals surface area contributed by atoms with E-state index in [-0.39, 0.29) is 6.92 Å². The predicted octanol–water partition coefficient (Wildman–Crippen LogP) is 0.835. The van der Waals surface area contributed by atoms with E-state index < -0.39 is 30.0 Å². The minimum atomic E-state index is -5.17. The van der Waals surface area contributed by atoms with Gasteiger partial charge in [0.2, 0.25) is 0 Å². The van der Waals surface area contributed by atoms with Crippen LogP contribution in [-0.4, -0.2) is 40.2 Å². The summed E-state index contributed by atoms with van der Waals surface area (Å²) in [5.74, 6) is 0. The molecule has 13 heavy (non-hydrogen) atoms. The van der Waals surface area contributed by atoms with Crippen molar-refractivity contribution in [3.63, 3.8) is 0 Å². The first-order valence-electron chi connectivity index (χ1n) is 3.18. The van der Waals surface area contributed by atoms with Crippen molar-refractivity contribution >= 4 is 0 Å². The molecule has 2 N–H and O–H groups in total. The van der Waals surface area contributed by atoms with Crippen molar-refractivity contribution in [2.45, 2.75) is 18.6 Å². The lowest BCUT2D eigenvalue weighted by Gasteiger charge is -2.28. The van der Waals surface area contributed by atoms with E-state index in [1.165, 1.54) is 0 Å². The van der Waals surface area contributed by atoms with Gasteiger partial charge >= 0.3 is 6.05 Å². The standard InChI is InChI=1S/C5H9F5NO2/c1-4(6,2-12)5(7,8)11(9,10)3-13/h12-13H,2-3H2,1H3/q+1. The summed E-state index contributed by atoms with van der Waals surface area (Å²) in [6.45, 7) is -3.89. The van der Waals surface area contributed by atoms with Crippen LogP contribution < -0.4 is 0 Å². The van der Waals surface area contributed by atoms with E-state index in [0.717, 1.165) is 0 Å². The number of nitrogens with zero attached hydrogens (tertiary/aromatic N) is 1. The lowest BCUT2D eigenvalue weighted by molar-refractivity contribution is -1.24. The van der Waals surface area contributed by atoms with E-state index in [0.29, 0.717) is 0 Å². The summed E-state index contributed by atoms with van der Waals surface area (Å²) in [5.41, 5.74) is -3.79. The van der Waals surface area contributed by atoms with Gasteiger partial charge in [0.05, 0.1) is 15.6 Å². The van der Waals surface area contributed by atoms with Crippen LogP contribution in [0.2, 0.25) is 0 Å². The highest BCUT2D eigenvalue weighted by molar-refractivity contribution is 4.81. The van der Waals surface area contributed by atoms with Gasteiger partial charge in [-0.1, -0.05) is 0 Å². The highest BCUT2D eigenvalue weighted by Crippen LogP contribution is 2.41. The quantitative estimate of drug-likeness (QED) is 0.312. The fourth-order valence-electron chi connectivity index (χ4n) is 0.525. The van der Waals surface area contributed by atoms with Gasteiger partial charge in [-0.05, 0) is 6.92 Å². The number of halogens is 5. The third kappa shape index (κ3) is 1.89. The van der Waals surface area contributed by atoms with E-state index in [2.05, 4.69) is 0 Å². The molecule has 8 heteroatoms. The summed E-state index contributed by atoms with van der Waals surface area (Å²) < 4.78 is 62.1. The Kier molecular flexibility index (Phi) is 3.23. The fourth-order valence-corrected chi connectivity index (χ4v) is 0.525. The van der Waals surface area contributed by atoms with Crippen molar-refractivity contribution in [3.8, 4) is 0 Å². The monoisotopic (exact) mass is 210 g/mol. The van der Waals surface area contributed by atoms with E-state index >= 15 is 0 Å². The number of rotatable bonds is 4. The third-order valence-corrected chi connectivity index (χ3v) is 1.51. The Morgan fingerprint density at radius 3 is 1.77 bits per heavy atom. The van der Waals surface area contributed by atoms with Crippen LogP contribution in [0.5, 0.6) is 0 Å². The Bertz CT molecular complexity index is 166. The Morgan fingerprint density at radius 2 is 1.54 bits per heavy atom.